The van der Waals surface area contributed by atoms with Gasteiger partial charge in [-0.3, -0.25) is 4.79 Å². The number of nitrogens with one attached hydrogen (secondary N) is 2. The highest BCUT2D eigenvalue weighted by atomic mass is 16.6. The lowest BCUT2D eigenvalue weighted by molar-refractivity contribution is -0.133. The second-order valence-electron chi connectivity index (χ2n) is 9.57. The van der Waals surface area contributed by atoms with Crippen LogP contribution in [0.1, 0.15) is 53.9 Å². The molecule has 2 rings (SSSR count). The second-order valence-corrected chi connectivity index (χ2v) is 9.57. The highest BCUT2D eigenvalue weighted by Crippen LogP contribution is 2.21. The highest BCUT2D eigenvalue weighted by Gasteiger charge is 2.30. The molecule has 1 aromatic rings. The molecule has 4 amide bonds. The lowest BCUT2D eigenvalue weighted by Crippen LogP contribution is -2.48. The Morgan fingerprint density at radius 3 is 2.50 bits per heavy atom. The molecule has 0 bridgehead atoms. The first-order valence-corrected chi connectivity index (χ1v) is 11.4. The van der Waals surface area contributed by atoms with Crippen LogP contribution in [0.5, 0.6) is 0 Å². The van der Waals surface area contributed by atoms with E-state index in [4.69, 9.17) is 4.74 Å². The van der Waals surface area contributed by atoms with E-state index in [1.54, 1.807) is 17.0 Å². The zero-order chi connectivity index (χ0) is 23.7. The van der Waals surface area contributed by atoms with Gasteiger partial charge in [0.2, 0.25) is 5.91 Å². The number of rotatable bonds is 7. The van der Waals surface area contributed by atoms with Gasteiger partial charge in [-0.1, -0.05) is 18.2 Å². The predicted molar refractivity (Wildman–Crippen MR) is 125 cm³/mol. The summed E-state index contributed by atoms with van der Waals surface area (Å²) in [6, 6.07) is 8.85. The number of carbonyl (C=O) groups excluding carboxylic acids is 3. The van der Waals surface area contributed by atoms with Crippen molar-refractivity contribution in [1.82, 2.24) is 15.1 Å². The number of likely N-dealkylation sites (tertiary alicyclic amines) is 1. The fourth-order valence-electron chi connectivity index (χ4n) is 3.67. The lowest BCUT2D eigenvalue weighted by atomic mass is 9.96. The number of nitrogens with zero attached hydrogens (tertiary/aromatic N) is 2. The van der Waals surface area contributed by atoms with Gasteiger partial charge in [-0.05, 0) is 65.5 Å². The van der Waals surface area contributed by atoms with E-state index in [9.17, 15) is 14.4 Å². The number of para-hydroxylation sites is 1. The average Bonchev–Trinajstić information content (AvgIpc) is 2.71. The third kappa shape index (κ3) is 8.77. The first-order valence-electron chi connectivity index (χ1n) is 11.4. The number of urea groups is 1. The zero-order valence-electron chi connectivity index (χ0n) is 20.0. The summed E-state index contributed by atoms with van der Waals surface area (Å²) in [4.78, 5) is 40.8. The summed E-state index contributed by atoms with van der Waals surface area (Å²) in [7, 11) is 0. The van der Waals surface area contributed by atoms with Crippen LogP contribution < -0.4 is 10.6 Å². The van der Waals surface area contributed by atoms with Gasteiger partial charge in [-0.2, -0.15) is 0 Å². The number of hydrogen-bond donors (Lipinski definition) is 2. The van der Waals surface area contributed by atoms with Crippen molar-refractivity contribution in [3.8, 4) is 0 Å². The molecule has 1 fully saturated rings. The summed E-state index contributed by atoms with van der Waals surface area (Å²) in [5.41, 5.74) is 0.161. The van der Waals surface area contributed by atoms with Crippen LogP contribution in [0.3, 0.4) is 0 Å². The minimum absolute atomic E-state index is 0.0167. The molecular formula is C24H38N4O4. The smallest absolute Gasteiger partial charge is 0.410 e. The van der Waals surface area contributed by atoms with Crippen LogP contribution in [0.25, 0.3) is 0 Å². The van der Waals surface area contributed by atoms with Crippen LogP contribution in [-0.2, 0) is 9.53 Å². The van der Waals surface area contributed by atoms with Crippen molar-refractivity contribution in [2.24, 2.45) is 5.92 Å². The SMILES string of the molecule is CC(C)N(CC1CCCN(C(=O)CCNC(=O)Nc2ccccc2)C1)C(=O)OC(C)(C)C. The van der Waals surface area contributed by atoms with Crippen molar-refractivity contribution in [3.05, 3.63) is 30.3 Å². The maximum Gasteiger partial charge on any atom is 0.410 e. The van der Waals surface area contributed by atoms with Gasteiger partial charge < -0.3 is 25.2 Å². The molecule has 8 nitrogen and oxygen atoms in total. The van der Waals surface area contributed by atoms with Crippen LogP contribution in [0.2, 0.25) is 0 Å². The quantitative estimate of drug-likeness (QED) is 0.660. The number of hydrogen-bond acceptors (Lipinski definition) is 4. The number of anilines is 1. The van der Waals surface area contributed by atoms with Crippen LogP contribution in [0, 0.1) is 5.92 Å². The van der Waals surface area contributed by atoms with Gasteiger partial charge in [0.25, 0.3) is 0 Å². The fourth-order valence-corrected chi connectivity index (χ4v) is 3.67. The first-order chi connectivity index (χ1) is 15.0. The maximum absolute atomic E-state index is 12.7. The molecule has 1 aliphatic rings. The van der Waals surface area contributed by atoms with Crippen LogP contribution in [0.4, 0.5) is 15.3 Å². The average molecular weight is 447 g/mol. The molecule has 0 saturated carbocycles. The highest BCUT2D eigenvalue weighted by molar-refractivity contribution is 5.89. The summed E-state index contributed by atoms with van der Waals surface area (Å²) in [5, 5.41) is 5.47. The number of carbonyl (C=O) groups is 3. The molecular weight excluding hydrogens is 408 g/mol. The summed E-state index contributed by atoms with van der Waals surface area (Å²) in [6.07, 6.45) is 1.80. The van der Waals surface area contributed by atoms with Gasteiger partial charge in [-0.15, -0.1) is 0 Å². The van der Waals surface area contributed by atoms with Crippen molar-refractivity contribution in [2.45, 2.75) is 65.5 Å². The van der Waals surface area contributed by atoms with Crippen molar-refractivity contribution >= 4 is 23.7 Å². The van der Waals surface area contributed by atoms with Gasteiger partial charge in [0, 0.05) is 44.3 Å². The summed E-state index contributed by atoms with van der Waals surface area (Å²) >= 11 is 0. The molecule has 0 spiro atoms. The third-order valence-electron chi connectivity index (χ3n) is 5.23. The zero-order valence-corrected chi connectivity index (χ0v) is 20.0. The van der Waals surface area contributed by atoms with E-state index >= 15 is 0 Å². The van der Waals surface area contributed by atoms with Crippen molar-refractivity contribution in [2.75, 3.05) is 31.5 Å². The van der Waals surface area contributed by atoms with Crippen LogP contribution in [-0.4, -0.2) is 65.7 Å². The monoisotopic (exact) mass is 446 g/mol. The molecule has 32 heavy (non-hydrogen) atoms. The largest absolute Gasteiger partial charge is 0.444 e. The minimum Gasteiger partial charge on any atom is -0.444 e. The van der Waals surface area contributed by atoms with Crippen molar-refractivity contribution in [3.63, 3.8) is 0 Å². The van der Waals surface area contributed by atoms with Crippen molar-refractivity contribution in [1.29, 1.82) is 0 Å². The molecule has 0 aromatic heterocycles. The second kappa shape index (κ2) is 11.7. The van der Waals surface area contributed by atoms with Gasteiger partial charge in [0.05, 0.1) is 0 Å². The topological polar surface area (TPSA) is 91.0 Å². The van der Waals surface area contributed by atoms with Gasteiger partial charge in [-0.25, -0.2) is 9.59 Å². The van der Waals surface area contributed by atoms with Gasteiger partial charge in [0.15, 0.2) is 0 Å². The molecule has 178 valence electrons. The number of amides is 4. The summed E-state index contributed by atoms with van der Waals surface area (Å²) in [5.74, 6) is 0.222. The molecule has 1 unspecified atom stereocenters. The standard InChI is InChI=1S/C24H38N4O4/c1-18(2)28(23(31)32-24(3,4)5)17-19-10-9-15-27(16-19)21(29)13-14-25-22(30)26-20-11-7-6-8-12-20/h6-8,11-12,18-19H,9-10,13-17H2,1-5H3,(H2,25,26,30). The predicted octanol–water partition coefficient (Wildman–Crippen LogP) is 4.08. The number of ether oxygens (including phenoxy) is 1. The van der Waals surface area contributed by atoms with E-state index in [-0.39, 0.29) is 43.0 Å². The Hall–Kier alpha value is -2.77. The van der Waals surface area contributed by atoms with E-state index in [0.29, 0.717) is 25.3 Å². The van der Waals surface area contributed by atoms with E-state index in [1.165, 1.54) is 0 Å². The Labute approximate surface area is 191 Å². The van der Waals surface area contributed by atoms with E-state index in [1.807, 2.05) is 57.7 Å². The number of benzene rings is 1. The normalized spacial score (nSPS) is 16.4. The van der Waals surface area contributed by atoms with E-state index in [2.05, 4.69) is 10.6 Å². The van der Waals surface area contributed by atoms with Gasteiger partial charge in [0.1, 0.15) is 5.60 Å². The van der Waals surface area contributed by atoms with E-state index in [0.717, 1.165) is 12.8 Å². The Bertz CT molecular complexity index is 761. The van der Waals surface area contributed by atoms with E-state index < -0.39 is 5.60 Å². The Morgan fingerprint density at radius 2 is 1.88 bits per heavy atom. The van der Waals surface area contributed by atoms with Crippen LogP contribution in [0.15, 0.2) is 30.3 Å². The molecule has 1 heterocycles. The Morgan fingerprint density at radius 1 is 1.19 bits per heavy atom. The third-order valence-corrected chi connectivity index (χ3v) is 5.23. The first kappa shape index (κ1) is 25.5. The molecule has 1 aliphatic heterocycles. The molecule has 8 heteroatoms. The minimum atomic E-state index is -0.543. The lowest BCUT2D eigenvalue weighted by Gasteiger charge is -2.37. The van der Waals surface area contributed by atoms with Crippen LogP contribution >= 0.6 is 0 Å². The van der Waals surface area contributed by atoms with Gasteiger partial charge >= 0.3 is 12.1 Å². The Balaban J connectivity index is 1.80. The van der Waals surface area contributed by atoms with Crippen molar-refractivity contribution < 1.29 is 19.1 Å². The fraction of sp³-hybridized carbons (Fsp3) is 0.625. The number of piperidine rings is 1. The molecule has 1 aromatic carbocycles. The molecule has 1 saturated heterocycles. The Kier molecular flexibility index (Phi) is 9.35. The molecule has 1 atom stereocenters. The molecule has 0 radical (unpaired) electrons. The summed E-state index contributed by atoms with van der Waals surface area (Å²) < 4.78 is 5.56. The maximum atomic E-state index is 12.7. The molecule has 0 aliphatic carbocycles. The summed E-state index contributed by atoms with van der Waals surface area (Å²) in [6.45, 7) is 11.7. The molecule has 2 N–H and O–H groups in total.